The van der Waals surface area contributed by atoms with Crippen molar-refractivity contribution in [2.45, 2.75) is 38.1 Å². The lowest BCUT2D eigenvalue weighted by atomic mass is 9.94. The molecule has 0 atom stereocenters. The highest BCUT2D eigenvalue weighted by Gasteiger charge is 2.18. The van der Waals surface area contributed by atoms with Crippen LogP contribution in [0.4, 0.5) is 5.69 Å². The first-order valence-electron chi connectivity index (χ1n) is 6.92. The van der Waals surface area contributed by atoms with E-state index in [4.69, 9.17) is 0 Å². The van der Waals surface area contributed by atoms with Crippen LogP contribution in [0.15, 0.2) is 36.5 Å². The zero-order chi connectivity index (χ0) is 12.4. The zero-order valence-corrected chi connectivity index (χ0v) is 11.0. The van der Waals surface area contributed by atoms with Crippen molar-refractivity contribution < 1.29 is 0 Å². The lowest BCUT2D eigenvalue weighted by molar-refractivity contribution is 0.427. The lowest BCUT2D eigenvalue weighted by Gasteiger charge is -2.32. The molecule has 0 spiro atoms. The summed E-state index contributed by atoms with van der Waals surface area (Å²) >= 11 is 0. The molecule has 1 aromatic heterocycles. The second-order valence-corrected chi connectivity index (χ2v) is 5.29. The van der Waals surface area contributed by atoms with Crippen molar-refractivity contribution in [1.82, 2.24) is 4.98 Å². The Balaban J connectivity index is 1.88. The van der Waals surface area contributed by atoms with Crippen molar-refractivity contribution in [2.75, 3.05) is 11.9 Å². The number of benzene rings is 1. The number of anilines is 1. The van der Waals surface area contributed by atoms with E-state index < -0.39 is 0 Å². The van der Waals surface area contributed by atoms with Crippen LogP contribution in [0.1, 0.15) is 32.1 Å². The van der Waals surface area contributed by atoms with Crippen LogP contribution < -0.4 is 4.90 Å². The van der Waals surface area contributed by atoms with Crippen molar-refractivity contribution in [3.63, 3.8) is 0 Å². The van der Waals surface area contributed by atoms with Crippen LogP contribution in [0.5, 0.6) is 0 Å². The molecule has 1 aliphatic rings. The van der Waals surface area contributed by atoms with Crippen LogP contribution in [0.3, 0.4) is 0 Å². The fraction of sp³-hybridized carbons (Fsp3) is 0.438. The molecule has 1 aromatic carbocycles. The maximum absolute atomic E-state index is 4.56. The molecule has 0 amide bonds. The van der Waals surface area contributed by atoms with Gasteiger partial charge in [-0.2, -0.15) is 0 Å². The summed E-state index contributed by atoms with van der Waals surface area (Å²) in [7, 11) is 2.21. The third-order valence-corrected chi connectivity index (χ3v) is 4.11. The summed E-state index contributed by atoms with van der Waals surface area (Å²) in [5.41, 5.74) is 2.33. The molecule has 1 saturated carbocycles. The first-order chi connectivity index (χ1) is 8.84. The van der Waals surface area contributed by atoms with Gasteiger partial charge in [0.25, 0.3) is 0 Å². The summed E-state index contributed by atoms with van der Waals surface area (Å²) in [5, 5.41) is 1.23. The Kier molecular flexibility index (Phi) is 3.18. The van der Waals surface area contributed by atoms with Crippen LogP contribution in [0, 0.1) is 0 Å². The highest BCUT2D eigenvalue weighted by molar-refractivity contribution is 5.81. The second kappa shape index (κ2) is 4.97. The molecule has 2 nitrogen and oxygen atoms in total. The molecule has 0 radical (unpaired) electrons. The van der Waals surface area contributed by atoms with Gasteiger partial charge in [-0.15, -0.1) is 0 Å². The van der Waals surface area contributed by atoms with Crippen molar-refractivity contribution in [2.24, 2.45) is 0 Å². The maximum atomic E-state index is 4.56. The summed E-state index contributed by atoms with van der Waals surface area (Å²) in [6, 6.07) is 11.3. The number of hydrogen-bond acceptors (Lipinski definition) is 2. The standard InChI is InChI=1S/C16H20N2/c1-18(14-8-3-2-4-9-14)15-11-13-7-5-6-10-16(13)17-12-15/h5-7,10-12,14H,2-4,8-9H2,1H3. The van der Waals surface area contributed by atoms with Gasteiger partial charge in [-0.25, -0.2) is 0 Å². The molecule has 94 valence electrons. The number of hydrogen-bond donors (Lipinski definition) is 0. The average Bonchev–Trinajstić information content (AvgIpc) is 2.47. The number of fused-ring (bicyclic) bond motifs is 1. The number of aromatic nitrogens is 1. The van der Waals surface area contributed by atoms with Gasteiger partial charge < -0.3 is 4.90 Å². The fourth-order valence-corrected chi connectivity index (χ4v) is 2.93. The summed E-state index contributed by atoms with van der Waals surface area (Å²) in [6.07, 6.45) is 8.80. The minimum Gasteiger partial charge on any atom is -0.370 e. The minimum atomic E-state index is 0.696. The highest BCUT2D eigenvalue weighted by Crippen LogP contribution is 2.27. The third kappa shape index (κ3) is 2.20. The van der Waals surface area contributed by atoms with Gasteiger partial charge >= 0.3 is 0 Å². The van der Waals surface area contributed by atoms with E-state index in [0.717, 1.165) is 5.52 Å². The van der Waals surface area contributed by atoms with Gasteiger partial charge in [0.05, 0.1) is 17.4 Å². The summed E-state index contributed by atoms with van der Waals surface area (Å²) in [4.78, 5) is 6.97. The monoisotopic (exact) mass is 240 g/mol. The van der Waals surface area contributed by atoms with Crippen LogP contribution in [0.25, 0.3) is 10.9 Å². The molecule has 0 N–H and O–H groups in total. The maximum Gasteiger partial charge on any atom is 0.0703 e. The first-order valence-corrected chi connectivity index (χ1v) is 6.92. The number of para-hydroxylation sites is 1. The Labute approximate surface area is 109 Å². The van der Waals surface area contributed by atoms with E-state index in [9.17, 15) is 0 Å². The van der Waals surface area contributed by atoms with Gasteiger partial charge in [0.15, 0.2) is 0 Å². The second-order valence-electron chi connectivity index (χ2n) is 5.29. The average molecular weight is 240 g/mol. The van der Waals surface area contributed by atoms with E-state index in [0.29, 0.717) is 6.04 Å². The fourth-order valence-electron chi connectivity index (χ4n) is 2.93. The summed E-state index contributed by atoms with van der Waals surface area (Å²) in [5.74, 6) is 0. The Hall–Kier alpha value is -1.57. The Morgan fingerprint density at radius 1 is 1.11 bits per heavy atom. The zero-order valence-electron chi connectivity index (χ0n) is 11.0. The molecule has 2 heteroatoms. The molecule has 0 aliphatic heterocycles. The molecule has 2 aromatic rings. The van der Waals surface area contributed by atoms with E-state index in [2.05, 4.69) is 41.2 Å². The van der Waals surface area contributed by atoms with Crippen molar-refractivity contribution in [3.05, 3.63) is 36.5 Å². The number of nitrogens with zero attached hydrogens (tertiary/aromatic N) is 2. The van der Waals surface area contributed by atoms with Crippen LogP contribution in [-0.2, 0) is 0 Å². The molecular formula is C16H20N2. The topological polar surface area (TPSA) is 16.1 Å². The molecule has 1 heterocycles. The van der Waals surface area contributed by atoms with Crippen molar-refractivity contribution in [1.29, 1.82) is 0 Å². The molecule has 0 bridgehead atoms. The quantitative estimate of drug-likeness (QED) is 0.788. The SMILES string of the molecule is CN(c1cnc2ccccc2c1)C1CCCCC1. The molecule has 0 saturated heterocycles. The Morgan fingerprint density at radius 2 is 1.89 bits per heavy atom. The van der Waals surface area contributed by atoms with Crippen molar-refractivity contribution in [3.8, 4) is 0 Å². The van der Waals surface area contributed by atoms with Gasteiger partial charge in [0.1, 0.15) is 0 Å². The predicted octanol–water partition coefficient (Wildman–Crippen LogP) is 4.00. The van der Waals surface area contributed by atoms with Gasteiger partial charge in [-0.05, 0) is 25.0 Å². The Morgan fingerprint density at radius 3 is 2.72 bits per heavy atom. The van der Waals surface area contributed by atoms with E-state index in [-0.39, 0.29) is 0 Å². The lowest BCUT2D eigenvalue weighted by Crippen LogP contribution is -2.33. The molecule has 0 unspecified atom stereocenters. The van der Waals surface area contributed by atoms with Crippen molar-refractivity contribution >= 4 is 16.6 Å². The molecule has 3 rings (SSSR count). The molecule has 1 fully saturated rings. The highest BCUT2D eigenvalue weighted by atomic mass is 15.1. The Bertz CT molecular complexity index is 529. The summed E-state index contributed by atoms with van der Waals surface area (Å²) in [6.45, 7) is 0. The van der Waals surface area contributed by atoms with E-state index in [1.54, 1.807) is 0 Å². The van der Waals surface area contributed by atoms with Crippen LogP contribution in [-0.4, -0.2) is 18.1 Å². The van der Waals surface area contributed by atoms with Gasteiger partial charge in [0.2, 0.25) is 0 Å². The van der Waals surface area contributed by atoms with E-state index in [1.165, 1.54) is 43.2 Å². The molecule has 18 heavy (non-hydrogen) atoms. The van der Waals surface area contributed by atoms with Crippen LogP contribution in [0.2, 0.25) is 0 Å². The number of rotatable bonds is 2. The predicted molar refractivity (Wildman–Crippen MR) is 77.0 cm³/mol. The molecule has 1 aliphatic carbocycles. The van der Waals surface area contributed by atoms with Gasteiger partial charge in [-0.1, -0.05) is 37.5 Å². The van der Waals surface area contributed by atoms with Gasteiger partial charge in [-0.3, -0.25) is 4.98 Å². The van der Waals surface area contributed by atoms with E-state index >= 15 is 0 Å². The normalized spacial score (nSPS) is 16.9. The van der Waals surface area contributed by atoms with Gasteiger partial charge in [0, 0.05) is 18.5 Å². The smallest absolute Gasteiger partial charge is 0.0703 e. The minimum absolute atomic E-state index is 0.696. The van der Waals surface area contributed by atoms with Crippen LogP contribution >= 0.6 is 0 Å². The third-order valence-electron chi connectivity index (χ3n) is 4.11. The number of pyridine rings is 1. The first kappa shape index (κ1) is 11.5. The molecular weight excluding hydrogens is 220 g/mol. The van der Waals surface area contributed by atoms with E-state index in [1.807, 2.05) is 12.3 Å². The largest absolute Gasteiger partial charge is 0.370 e. The summed E-state index contributed by atoms with van der Waals surface area (Å²) < 4.78 is 0.